The second-order valence-electron chi connectivity index (χ2n) is 4.94. The fourth-order valence-corrected chi connectivity index (χ4v) is 3.25. The highest BCUT2D eigenvalue weighted by atomic mass is 35.5. The van der Waals surface area contributed by atoms with Gasteiger partial charge in [0.2, 0.25) is 0 Å². The van der Waals surface area contributed by atoms with Crippen LogP contribution in [0.3, 0.4) is 0 Å². The molecule has 0 saturated carbocycles. The summed E-state index contributed by atoms with van der Waals surface area (Å²) < 4.78 is 6.19. The van der Waals surface area contributed by atoms with E-state index in [0.717, 1.165) is 0 Å². The number of thiophene rings is 1. The van der Waals surface area contributed by atoms with E-state index >= 15 is 0 Å². The highest BCUT2D eigenvalue weighted by Gasteiger charge is 2.26. The Hall–Kier alpha value is -1.15. The molecule has 1 N–H and O–H groups in total. The van der Waals surface area contributed by atoms with E-state index in [1.165, 1.54) is 11.3 Å². The molecule has 1 fully saturated rings. The molecular formula is C13H17ClN2O4S. The lowest BCUT2D eigenvalue weighted by molar-refractivity contribution is -0.138. The molecule has 0 bridgehead atoms. The first-order valence-corrected chi connectivity index (χ1v) is 7.71. The van der Waals surface area contributed by atoms with E-state index in [-0.39, 0.29) is 18.6 Å². The second kappa shape index (κ2) is 7.22. The topological polar surface area (TPSA) is 70.1 Å². The highest BCUT2D eigenvalue weighted by molar-refractivity contribution is 7.17. The van der Waals surface area contributed by atoms with Crippen molar-refractivity contribution in [2.75, 3.05) is 39.8 Å². The Labute approximate surface area is 131 Å². The van der Waals surface area contributed by atoms with Gasteiger partial charge in [0.25, 0.3) is 5.91 Å². The molecular weight excluding hydrogens is 316 g/mol. The maximum atomic E-state index is 12.3. The number of hydrogen-bond acceptors (Lipinski definition) is 5. The van der Waals surface area contributed by atoms with E-state index in [0.29, 0.717) is 35.5 Å². The number of likely N-dealkylation sites (N-methyl/N-ethyl adjacent to an activating group) is 1. The molecule has 1 aromatic rings. The van der Waals surface area contributed by atoms with Crippen LogP contribution in [0.5, 0.6) is 0 Å². The van der Waals surface area contributed by atoms with Gasteiger partial charge in [0.15, 0.2) is 0 Å². The number of morpholine rings is 1. The molecule has 21 heavy (non-hydrogen) atoms. The zero-order valence-corrected chi connectivity index (χ0v) is 13.2. The molecule has 1 atom stereocenters. The van der Waals surface area contributed by atoms with E-state index < -0.39 is 5.97 Å². The summed E-state index contributed by atoms with van der Waals surface area (Å²) in [6.45, 7) is 1.87. The van der Waals surface area contributed by atoms with Crippen molar-refractivity contribution in [1.82, 2.24) is 9.80 Å². The number of halogens is 1. The van der Waals surface area contributed by atoms with Gasteiger partial charge in [-0.3, -0.25) is 14.5 Å². The van der Waals surface area contributed by atoms with Crippen LogP contribution in [0.25, 0.3) is 0 Å². The second-order valence-corrected chi connectivity index (χ2v) is 6.65. The third kappa shape index (κ3) is 4.67. The molecule has 1 saturated heterocycles. The van der Waals surface area contributed by atoms with Crippen molar-refractivity contribution in [2.24, 2.45) is 0 Å². The summed E-state index contributed by atoms with van der Waals surface area (Å²) in [7, 11) is 1.72. The lowest BCUT2D eigenvalue weighted by atomic mass is 10.2. The smallest absolute Gasteiger partial charge is 0.317 e. The van der Waals surface area contributed by atoms with Crippen molar-refractivity contribution >= 4 is 34.8 Å². The van der Waals surface area contributed by atoms with Crippen LogP contribution in [0.15, 0.2) is 12.1 Å². The maximum absolute atomic E-state index is 12.3. The van der Waals surface area contributed by atoms with Crippen molar-refractivity contribution in [3.63, 3.8) is 0 Å². The summed E-state index contributed by atoms with van der Waals surface area (Å²) in [6, 6.07) is 3.42. The SMILES string of the molecule is CN(CC(=O)O)C[C@H]1CN(C(=O)c2ccc(Cl)s2)CCO1. The molecule has 2 rings (SSSR count). The van der Waals surface area contributed by atoms with Crippen LogP contribution in [-0.2, 0) is 9.53 Å². The van der Waals surface area contributed by atoms with Gasteiger partial charge in [-0.25, -0.2) is 0 Å². The number of nitrogens with zero attached hydrogens (tertiary/aromatic N) is 2. The van der Waals surface area contributed by atoms with Crippen molar-refractivity contribution in [1.29, 1.82) is 0 Å². The Morgan fingerprint density at radius 1 is 1.57 bits per heavy atom. The van der Waals surface area contributed by atoms with E-state index in [9.17, 15) is 9.59 Å². The van der Waals surface area contributed by atoms with Gasteiger partial charge >= 0.3 is 5.97 Å². The van der Waals surface area contributed by atoms with Crippen LogP contribution in [0.4, 0.5) is 0 Å². The molecule has 1 aliphatic heterocycles. The number of rotatable bonds is 5. The van der Waals surface area contributed by atoms with Crippen molar-refractivity contribution in [3.8, 4) is 0 Å². The first kappa shape index (κ1) is 16.2. The van der Waals surface area contributed by atoms with Crippen LogP contribution >= 0.6 is 22.9 Å². The van der Waals surface area contributed by atoms with Gasteiger partial charge in [-0.15, -0.1) is 11.3 Å². The molecule has 1 aliphatic rings. The average Bonchev–Trinajstić information content (AvgIpc) is 2.84. The number of carbonyl (C=O) groups is 2. The van der Waals surface area contributed by atoms with E-state index in [4.69, 9.17) is 21.4 Å². The Morgan fingerprint density at radius 3 is 2.95 bits per heavy atom. The fourth-order valence-electron chi connectivity index (χ4n) is 2.24. The number of carbonyl (C=O) groups excluding carboxylic acids is 1. The molecule has 1 amide bonds. The number of aliphatic carboxylic acids is 1. The summed E-state index contributed by atoms with van der Waals surface area (Å²) in [5.41, 5.74) is 0. The number of ether oxygens (including phenoxy) is 1. The molecule has 8 heteroatoms. The predicted molar refractivity (Wildman–Crippen MR) is 80.1 cm³/mol. The standard InChI is InChI=1S/C13H17ClN2O4S/c1-15(8-12(17)18)6-9-7-16(4-5-20-9)13(19)10-2-3-11(14)21-10/h2-3,9H,4-8H2,1H3,(H,17,18)/t9-/m0/s1. The van der Waals surface area contributed by atoms with E-state index in [1.807, 2.05) is 0 Å². The Morgan fingerprint density at radius 2 is 2.33 bits per heavy atom. The number of carboxylic acids is 1. The van der Waals surface area contributed by atoms with E-state index in [2.05, 4.69) is 0 Å². The van der Waals surface area contributed by atoms with Gasteiger partial charge < -0.3 is 14.7 Å². The van der Waals surface area contributed by atoms with Gasteiger partial charge in [0.1, 0.15) is 0 Å². The first-order valence-electron chi connectivity index (χ1n) is 6.52. The summed E-state index contributed by atoms with van der Waals surface area (Å²) in [4.78, 5) is 27.0. The summed E-state index contributed by atoms with van der Waals surface area (Å²) >= 11 is 7.11. The molecule has 0 unspecified atom stereocenters. The van der Waals surface area contributed by atoms with Gasteiger partial charge in [0, 0.05) is 19.6 Å². The zero-order chi connectivity index (χ0) is 15.4. The molecule has 116 valence electrons. The minimum Gasteiger partial charge on any atom is -0.480 e. The monoisotopic (exact) mass is 332 g/mol. The highest BCUT2D eigenvalue weighted by Crippen LogP contribution is 2.23. The third-order valence-electron chi connectivity index (χ3n) is 3.13. The zero-order valence-electron chi connectivity index (χ0n) is 11.6. The molecule has 0 aromatic carbocycles. The lowest BCUT2D eigenvalue weighted by Crippen LogP contribution is -2.49. The van der Waals surface area contributed by atoms with E-state index in [1.54, 1.807) is 29.0 Å². The molecule has 0 aliphatic carbocycles. The van der Waals surface area contributed by atoms with Gasteiger partial charge in [-0.2, -0.15) is 0 Å². The maximum Gasteiger partial charge on any atom is 0.317 e. The summed E-state index contributed by atoms with van der Waals surface area (Å²) in [5, 5.41) is 8.75. The largest absolute Gasteiger partial charge is 0.480 e. The predicted octanol–water partition coefficient (Wildman–Crippen LogP) is 1.26. The van der Waals surface area contributed by atoms with Gasteiger partial charge in [-0.05, 0) is 19.2 Å². The Bertz CT molecular complexity index is 522. The number of hydrogen-bond donors (Lipinski definition) is 1. The summed E-state index contributed by atoms with van der Waals surface area (Å²) in [6.07, 6.45) is -0.178. The first-order chi connectivity index (χ1) is 9.95. The van der Waals surface area contributed by atoms with Crippen LogP contribution in [0.1, 0.15) is 9.67 Å². The van der Waals surface area contributed by atoms with Crippen LogP contribution < -0.4 is 0 Å². The Balaban J connectivity index is 1.91. The molecule has 0 radical (unpaired) electrons. The van der Waals surface area contributed by atoms with Crippen LogP contribution in [-0.4, -0.2) is 72.7 Å². The quantitative estimate of drug-likeness (QED) is 0.879. The minimum atomic E-state index is -0.880. The fraction of sp³-hybridized carbons (Fsp3) is 0.538. The van der Waals surface area contributed by atoms with Gasteiger partial charge in [0.05, 0.1) is 28.5 Å². The number of carboxylic acid groups (broad SMARTS) is 1. The molecule has 2 heterocycles. The Kier molecular flexibility index (Phi) is 5.58. The molecule has 6 nitrogen and oxygen atoms in total. The van der Waals surface area contributed by atoms with Crippen molar-refractivity contribution in [2.45, 2.75) is 6.10 Å². The van der Waals surface area contributed by atoms with Crippen LogP contribution in [0.2, 0.25) is 4.34 Å². The lowest BCUT2D eigenvalue weighted by Gasteiger charge is -2.34. The molecule has 0 spiro atoms. The van der Waals surface area contributed by atoms with Crippen molar-refractivity contribution < 1.29 is 19.4 Å². The minimum absolute atomic E-state index is 0.0473. The number of amides is 1. The summed E-state index contributed by atoms with van der Waals surface area (Å²) in [5.74, 6) is -0.935. The average molecular weight is 333 g/mol. The van der Waals surface area contributed by atoms with Crippen LogP contribution in [0, 0.1) is 0 Å². The molecule has 1 aromatic heterocycles. The third-order valence-corrected chi connectivity index (χ3v) is 4.35. The van der Waals surface area contributed by atoms with Gasteiger partial charge in [-0.1, -0.05) is 11.6 Å². The van der Waals surface area contributed by atoms with Crippen molar-refractivity contribution in [3.05, 3.63) is 21.3 Å². The normalized spacial score (nSPS) is 19.0.